The molecule has 0 saturated carbocycles. The number of nitrogens with one attached hydrogen (secondary N) is 2. The molecule has 3 rings (SSSR count). The zero-order valence-electron chi connectivity index (χ0n) is 16.9. The van der Waals surface area contributed by atoms with Crippen LogP contribution in [0.5, 0.6) is 0 Å². The number of fused-ring (bicyclic) bond motifs is 1. The number of ether oxygens (including phenoxy) is 1. The number of anilines is 1. The van der Waals surface area contributed by atoms with Crippen LogP contribution in [-0.4, -0.2) is 71.4 Å². The summed E-state index contributed by atoms with van der Waals surface area (Å²) < 4.78 is 5.35. The molecular weight excluding hydrogens is 376 g/mol. The van der Waals surface area contributed by atoms with E-state index in [1.54, 1.807) is 54.8 Å². The Kier molecular flexibility index (Phi) is 5.76. The first-order valence-corrected chi connectivity index (χ1v) is 9.60. The average Bonchev–Trinajstić information content (AvgIpc) is 2.77. The molecule has 9 heteroatoms. The lowest BCUT2D eigenvalue weighted by Gasteiger charge is -2.36. The topological polar surface area (TPSA) is 108 Å². The van der Waals surface area contributed by atoms with Crippen LogP contribution in [0.2, 0.25) is 0 Å². The largest absolute Gasteiger partial charge is 0.444 e. The fourth-order valence-electron chi connectivity index (χ4n) is 3.22. The lowest BCUT2D eigenvalue weighted by Crippen LogP contribution is -2.53. The molecule has 1 saturated heterocycles. The first-order chi connectivity index (χ1) is 13.6. The Balaban J connectivity index is 1.56. The van der Waals surface area contributed by atoms with E-state index in [-0.39, 0.29) is 12.3 Å². The van der Waals surface area contributed by atoms with Gasteiger partial charge in [0.05, 0.1) is 17.7 Å². The Morgan fingerprint density at radius 2 is 1.69 bits per heavy atom. The van der Waals surface area contributed by atoms with E-state index in [1.165, 1.54) is 0 Å². The number of para-hydroxylation sites is 1. The number of piperazine rings is 1. The van der Waals surface area contributed by atoms with E-state index in [4.69, 9.17) is 4.74 Å². The van der Waals surface area contributed by atoms with Gasteiger partial charge in [-0.05, 0) is 32.9 Å². The fraction of sp³-hybridized carbons (Fsp3) is 0.500. The van der Waals surface area contributed by atoms with Gasteiger partial charge in [-0.15, -0.1) is 0 Å². The van der Waals surface area contributed by atoms with Crippen molar-refractivity contribution < 1.29 is 23.9 Å². The molecule has 0 aromatic heterocycles. The minimum atomic E-state index is -0.953. The first-order valence-electron chi connectivity index (χ1n) is 9.60. The molecule has 29 heavy (non-hydrogen) atoms. The number of carbonyl (C=O) groups excluding carboxylic acids is 4. The second-order valence-electron chi connectivity index (χ2n) is 8.11. The van der Waals surface area contributed by atoms with Crippen molar-refractivity contribution in [2.75, 3.05) is 31.5 Å². The summed E-state index contributed by atoms with van der Waals surface area (Å²) in [6.07, 6.45) is -0.546. The van der Waals surface area contributed by atoms with Crippen molar-refractivity contribution in [2.45, 2.75) is 38.8 Å². The summed E-state index contributed by atoms with van der Waals surface area (Å²) in [5.74, 6) is -1.07. The van der Waals surface area contributed by atoms with Crippen LogP contribution in [0.15, 0.2) is 24.3 Å². The molecule has 0 aliphatic carbocycles. The molecule has 0 spiro atoms. The van der Waals surface area contributed by atoms with E-state index in [0.717, 1.165) is 0 Å². The van der Waals surface area contributed by atoms with E-state index in [0.29, 0.717) is 37.4 Å². The van der Waals surface area contributed by atoms with Gasteiger partial charge in [0, 0.05) is 26.2 Å². The normalized spacial score (nSPS) is 19.6. The summed E-state index contributed by atoms with van der Waals surface area (Å²) >= 11 is 0. The number of amides is 4. The van der Waals surface area contributed by atoms with Crippen LogP contribution in [0, 0.1) is 0 Å². The quantitative estimate of drug-likeness (QED) is 0.773. The second-order valence-corrected chi connectivity index (χ2v) is 8.11. The molecule has 0 unspecified atom stereocenters. The minimum Gasteiger partial charge on any atom is -0.444 e. The predicted octanol–water partition coefficient (Wildman–Crippen LogP) is 1.21. The van der Waals surface area contributed by atoms with Crippen LogP contribution in [0.1, 0.15) is 37.6 Å². The molecule has 2 aliphatic rings. The van der Waals surface area contributed by atoms with Gasteiger partial charge in [-0.3, -0.25) is 14.4 Å². The highest BCUT2D eigenvalue weighted by atomic mass is 16.6. The Labute approximate surface area is 169 Å². The summed E-state index contributed by atoms with van der Waals surface area (Å²) in [6.45, 7) is 6.81. The molecule has 2 heterocycles. The molecule has 0 bridgehead atoms. The van der Waals surface area contributed by atoms with Crippen molar-refractivity contribution in [3.05, 3.63) is 29.8 Å². The summed E-state index contributed by atoms with van der Waals surface area (Å²) in [5.41, 5.74) is 0.213. The van der Waals surface area contributed by atoms with Crippen LogP contribution in [0.4, 0.5) is 10.5 Å². The van der Waals surface area contributed by atoms with Crippen molar-refractivity contribution in [1.82, 2.24) is 15.1 Å². The van der Waals surface area contributed by atoms with Gasteiger partial charge in [-0.25, -0.2) is 4.79 Å². The number of benzene rings is 1. The van der Waals surface area contributed by atoms with Crippen molar-refractivity contribution in [2.24, 2.45) is 0 Å². The molecule has 1 aromatic rings. The van der Waals surface area contributed by atoms with Gasteiger partial charge in [0.2, 0.25) is 11.8 Å². The molecule has 2 aliphatic heterocycles. The molecule has 9 nitrogen and oxygen atoms in total. The fourth-order valence-corrected chi connectivity index (χ4v) is 3.22. The molecule has 4 amide bonds. The maximum atomic E-state index is 12.7. The standard InChI is InChI=1S/C20H26N4O5/c1-20(2,3)29-19(28)24-10-8-23(9-11-24)16(25)12-15-18(27)21-14-7-5-4-6-13(14)17(26)22-15/h4-7,15H,8-12H2,1-3H3,(H,21,27)(H,22,26)/t15-/m1/s1. The van der Waals surface area contributed by atoms with Gasteiger partial charge in [-0.2, -0.15) is 0 Å². The Bertz CT molecular complexity index is 824. The van der Waals surface area contributed by atoms with E-state index in [9.17, 15) is 19.2 Å². The molecule has 2 N–H and O–H groups in total. The monoisotopic (exact) mass is 402 g/mol. The maximum Gasteiger partial charge on any atom is 0.410 e. The van der Waals surface area contributed by atoms with Crippen LogP contribution < -0.4 is 10.6 Å². The van der Waals surface area contributed by atoms with Crippen LogP contribution in [0.3, 0.4) is 0 Å². The third-order valence-corrected chi connectivity index (χ3v) is 4.71. The SMILES string of the molecule is CC(C)(C)OC(=O)N1CCN(C(=O)C[C@H]2NC(=O)c3ccccc3NC2=O)CC1. The van der Waals surface area contributed by atoms with Gasteiger partial charge >= 0.3 is 6.09 Å². The first kappa shape index (κ1) is 20.6. The number of rotatable bonds is 2. The second kappa shape index (κ2) is 8.10. The highest BCUT2D eigenvalue weighted by Gasteiger charge is 2.33. The van der Waals surface area contributed by atoms with Crippen LogP contribution in [0.25, 0.3) is 0 Å². The van der Waals surface area contributed by atoms with Gasteiger partial charge in [-0.1, -0.05) is 12.1 Å². The Morgan fingerprint density at radius 1 is 1.07 bits per heavy atom. The average molecular weight is 402 g/mol. The summed E-state index contributed by atoms with van der Waals surface area (Å²) in [6, 6.07) is 5.74. The smallest absolute Gasteiger partial charge is 0.410 e. The van der Waals surface area contributed by atoms with Crippen molar-refractivity contribution in [3.63, 3.8) is 0 Å². The number of nitrogens with zero attached hydrogens (tertiary/aromatic N) is 2. The third-order valence-electron chi connectivity index (χ3n) is 4.71. The molecule has 156 valence electrons. The third kappa shape index (κ3) is 5.04. The maximum absolute atomic E-state index is 12.7. The molecular formula is C20H26N4O5. The van der Waals surface area contributed by atoms with E-state index >= 15 is 0 Å². The van der Waals surface area contributed by atoms with Gasteiger partial charge in [0.1, 0.15) is 11.6 Å². The predicted molar refractivity (Wildman–Crippen MR) is 105 cm³/mol. The zero-order chi connectivity index (χ0) is 21.2. The summed E-state index contributed by atoms with van der Waals surface area (Å²) in [7, 11) is 0. The van der Waals surface area contributed by atoms with E-state index < -0.39 is 29.6 Å². The molecule has 0 radical (unpaired) electrons. The molecule has 1 fully saturated rings. The Morgan fingerprint density at radius 3 is 2.34 bits per heavy atom. The summed E-state index contributed by atoms with van der Waals surface area (Å²) in [5, 5.41) is 5.32. The lowest BCUT2D eigenvalue weighted by atomic mass is 10.1. The number of hydrogen-bond donors (Lipinski definition) is 2. The molecule has 1 atom stereocenters. The van der Waals surface area contributed by atoms with Gasteiger partial charge < -0.3 is 25.2 Å². The zero-order valence-corrected chi connectivity index (χ0v) is 16.9. The number of carbonyl (C=O) groups is 4. The van der Waals surface area contributed by atoms with E-state index in [2.05, 4.69) is 10.6 Å². The lowest BCUT2D eigenvalue weighted by molar-refractivity contribution is -0.135. The highest BCUT2D eigenvalue weighted by Crippen LogP contribution is 2.19. The minimum absolute atomic E-state index is 0.141. The van der Waals surface area contributed by atoms with Crippen molar-refractivity contribution in [1.29, 1.82) is 0 Å². The Hall–Kier alpha value is -3.10. The van der Waals surface area contributed by atoms with Crippen LogP contribution >= 0.6 is 0 Å². The van der Waals surface area contributed by atoms with E-state index in [1.807, 2.05) is 0 Å². The van der Waals surface area contributed by atoms with Crippen molar-refractivity contribution in [3.8, 4) is 0 Å². The summed E-state index contributed by atoms with van der Waals surface area (Å²) in [4.78, 5) is 52.8. The van der Waals surface area contributed by atoms with Gasteiger partial charge in [0.25, 0.3) is 5.91 Å². The number of hydrogen-bond acceptors (Lipinski definition) is 5. The van der Waals surface area contributed by atoms with Gasteiger partial charge in [0.15, 0.2) is 0 Å². The van der Waals surface area contributed by atoms with Crippen LogP contribution in [-0.2, 0) is 14.3 Å². The molecule has 1 aromatic carbocycles. The highest BCUT2D eigenvalue weighted by molar-refractivity contribution is 6.10. The van der Waals surface area contributed by atoms with Crippen molar-refractivity contribution >= 4 is 29.5 Å².